The number of anilines is 1. The van der Waals surface area contributed by atoms with Crippen LogP contribution in [0.5, 0.6) is 5.75 Å². The SMILES string of the molecule is COc1ccc(N2CC(C(=O)NC(C)(C)CC(C)(C)C)CC2=O)cc1. The topological polar surface area (TPSA) is 58.6 Å². The lowest BCUT2D eigenvalue weighted by Crippen LogP contribution is -2.48. The monoisotopic (exact) mass is 346 g/mol. The molecule has 5 nitrogen and oxygen atoms in total. The predicted molar refractivity (Wildman–Crippen MR) is 99.7 cm³/mol. The summed E-state index contributed by atoms with van der Waals surface area (Å²) in [6.45, 7) is 11.0. The highest BCUT2D eigenvalue weighted by Gasteiger charge is 2.37. The van der Waals surface area contributed by atoms with Crippen molar-refractivity contribution in [1.29, 1.82) is 0 Å². The first-order valence-electron chi connectivity index (χ1n) is 8.77. The van der Waals surface area contributed by atoms with E-state index in [-0.39, 0.29) is 35.1 Å². The van der Waals surface area contributed by atoms with Gasteiger partial charge < -0.3 is 15.0 Å². The van der Waals surface area contributed by atoms with Crippen molar-refractivity contribution < 1.29 is 14.3 Å². The van der Waals surface area contributed by atoms with Gasteiger partial charge in [0.15, 0.2) is 0 Å². The van der Waals surface area contributed by atoms with Gasteiger partial charge in [-0.3, -0.25) is 9.59 Å². The Balaban J connectivity index is 2.02. The average Bonchev–Trinajstić information content (AvgIpc) is 2.86. The zero-order valence-electron chi connectivity index (χ0n) is 16.2. The molecule has 1 aromatic rings. The molecule has 1 heterocycles. The third-order valence-corrected chi connectivity index (χ3v) is 4.31. The van der Waals surface area contributed by atoms with E-state index in [1.54, 1.807) is 12.0 Å². The number of carbonyl (C=O) groups is 2. The summed E-state index contributed by atoms with van der Waals surface area (Å²) in [5, 5.41) is 3.13. The van der Waals surface area contributed by atoms with E-state index in [1.165, 1.54) is 0 Å². The first kappa shape index (κ1) is 19.3. The van der Waals surface area contributed by atoms with Crippen LogP contribution in [0.1, 0.15) is 47.5 Å². The molecule has 2 rings (SSSR count). The molecule has 0 bridgehead atoms. The van der Waals surface area contributed by atoms with Gasteiger partial charge in [0.25, 0.3) is 0 Å². The van der Waals surface area contributed by atoms with Crippen LogP contribution in [-0.2, 0) is 9.59 Å². The largest absolute Gasteiger partial charge is 0.497 e. The summed E-state index contributed by atoms with van der Waals surface area (Å²) >= 11 is 0. The second-order valence-corrected chi connectivity index (χ2v) is 8.71. The highest BCUT2D eigenvalue weighted by atomic mass is 16.5. The molecule has 0 aliphatic carbocycles. The van der Waals surface area contributed by atoms with Crippen molar-refractivity contribution in [2.75, 3.05) is 18.6 Å². The molecule has 1 aliphatic heterocycles. The maximum atomic E-state index is 12.7. The summed E-state index contributed by atoms with van der Waals surface area (Å²) < 4.78 is 5.15. The molecule has 25 heavy (non-hydrogen) atoms. The van der Waals surface area contributed by atoms with Gasteiger partial charge in [0.2, 0.25) is 11.8 Å². The van der Waals surface area contributed by atoms with Crippen LogP contribution in [0.2, 0.25) is 0 Å². The number of rotatable bonds is 5. The van der Waals surface area contributed by atoms with Crippen LogP contribution in [0.15, 0.2) is 24.3 Å². The van der Waals surface area contributed by atoms with E-state index in [4.69, 9.17) is 4.74 Å². The van der Waals surface area contributed by atoms with E-state index in [0.29, 0.717) is 6.54 Å². The van der Waals surface area contributed by atoms with Gasteiger partial charge in [0, 0.05) is 24.2 Å². The Morgan fingerprint density at radius 2 is 1.80 bits per heavy atom. The van der Waals surface area contributed by atoms with Crippen molar-refractivity contribution >= 4 is 17.5 Å². The number of hydrogen-bond donors (Lipinski definition) is 1. The van der Waals surface area contributed by atoms with Gasteiger partial charge in [-0.25, -0.2) is 0 Å². The molecule has 1 unspecified atom stereocenters. The lowest BCUT2D eigenvalue weighted by molar-refractivity contribution is -0.128. The first-order chi connectivity index (χ1) is 11.5. The summed E-state index contributed by atoms with van der Waals surface area (Å²) in [7, 11) is 1.61. The molecule has 1 aliphatic rings. The highest BCUT2D eigenvalue weighted by Crippen LogP contribution is 2.29. The fourth-order valence-corrected chi connectivity index (χ4v) is 3.70. The molecule has 5 heteroatoms. The van der Waals surface area contributed by atoms with Gasteiger partial charge in [-0.1, -0.05) is 20.8 Å². The van der Waals surface area contributed by atoms with Gasteiger partial charge in [-0.05, 0) is 49.9 Å². The van der Waals surface area contributed by atoms with Crippen LogP contribution < -0.4 is 15.0 Å². The van der Waals surface area contributed by atoms with Crippen molar-refractivity contribution in [2.45, 2.75) is 53.0 Å². The van der Waals surface area contributed by atoms with Gasteiger partial charge in [-0.2, -0.15) is 0 Å². The quantitative estimate of drug-likeness (QED) is 0.889. The van der Waals surface area contributed by atoms with Crippen LogP contribution in [0.3, 0.4) is 0 Å². The van der Waals surface area contributed by atoms with E-state index in [1.807, 2.05) is 38.1 Å². The lowest BCUT2D eigenvalue weighted by Gasteiger charge is -2.34. The number of amides is 2. The van der Waals surface area contributed by atoms with Gasteiger partial charge in [0.1, 0.15) is 5.75 Å². The van der Waals surface area contributed by atoms with Crippen molar-refractivity contribution in [2.24, 2.45) is 11.3 Å². The fourth-order valence-electron chi connectivity index (χ4n) is 3.70. The lowest BCUT2D eigenvalue weighted by atomic mass is 9.81. The summed E-state index contributed by atoms with van der Waals surface area (Å²) in [4.78, 5) is 26.7. The Kier molecular flexibility index (Phi) is 5.45. The minimum absolute atomic E-state index is 0.0149. The summed E-state index contributed by atoms with van der Waals surface area (Å²) in [6.07, 6.45) is 1.12. The van der Waals surface area contributed by atoms with Gasteiger partial charge >= 0.3 is 0 Å². The fraction of sp³-hybridized carbons (Fsp3) is 0.600. The Morgan fingerprint density at radius 1 is 1.20 bits per heavy atom. The Bertz CT molecular complexity index is 629. The van der Waals surface area contributed by atoms with E-state index >= 15 is 0 Å². The maximum absolute atomic E-state index is 12.7. The van der Waals surface area contributed by atoms with Gasteiger partial charge in [-0.15, -0.1) is 0 Å². The van der Waals surface area contributed by atoms with E-state index in [0.717, 1.165) is 17.9 Å². The van der Waals surface area contributed by atoms with Crippen LogP contribution in [0, 0.1) is 11.3 Å². The van der Waals surface area contributed by atoms with E-state index in [2.05, 4.69) is 26.1 Å². The molecule has 1 fully saturated rings. The Hall–Kier alpha value is -2.04. The molecule has 2 amide bonds. The summed E-state index contributed by atoms with van der Waals surface area (Å²) in [5.74, 6) is 0.375. The molecule has 0 saturated carbocycles. The van der Waals surface area contributed by atoms with Crippen LogP contribution in [0.4, 0.5) is 5.69 Å². The molecular weight excluding hydrogens is 316 g/mol. The smallest absolute Gasteiger partial charge is 0.227 e. The molecule has 1 N–H and O–H groups in total. The van der Waals surface area contributed by atoms with Crippen molar-refractivity contribution in [3.63, 3.8) is 0 Å². The minimum atomic E-state index is -0.311. The number of nitrogens with zero attached hydrogens (tertiary/aromatic N) is 1. The second kappa shape index (κ2) is 7.06. The molecular formula is C20H30N2O3. The Morgan fingerprint density at radius 3 is 2.32 bits per heavy atom. The molecule has 1 atom stereocenters. The summed E-state index contributed by atoms with van der Waals surface area (Å²) in [6, 6.07) is 7.34. The predicted octanol–water partition coefficient (Wildman–Crippen LogP) is 3.38. The molecule has 138 valence electrons. The summed E-state index contributed by atoms with van der Waals surface area (Å²) in [5.41, 5.74) is 0.624. The zero-order valence-corrected chi connectivity index (χ0v) is 16.2. The van der Waals surface area contributed by atoms with Gasteiger partial charge in [0.05, 0.1) is 13.0 Å². The molecule has 1 saturated heterocycles. The number of carbonyl (C=O) groups excluding carboxylic acids is 2. The Labute approximate surface area is 150 Å². The third-order valence-electron chi connectivity index (χ3n) is 4.31. The maximum Gasteiger partial charge on any atom is 0.227 e. The van der Waals surface area contributed by atoms with Crippen LogP contribution in [0.25, 0.3) is 0 Å². The second-order valence-electron chi connectivity index (χ2n) is 8.71. The van der Waals surface area contributed by atoms with Crippen LogP contribution in [-0.4, -0.2) is 31.0 Å². The van der Waals surface area contributed by atoms with Crippen molar-refractivity contribution in [3.8, 4) is 5.75 Å². The standard InChI is InChI=1S/C20H30N2O3/c1-19(2,3)13-20(4,5)21-18(24)14-11-17(23)22(12-14)15-7-9-16(25-6)10-8-15/h7-10,14H,11-13H2,1-6H3,(H,21,24). The average molecular weight is 346 g/mol. The molecule has 0 aromatic heterocycles. The van der Waals surface area contributed by atoms with Crippen molar-refractivity contribution in [1.82, 2.24) is 5.32 Å². The third kappa shape index (κ3) is 5.21. The number of hydrogen-bond acceptors (Lipinski definition) is 3. The minimum Gasteiger partial charge on any atom is -0.497 e. The molecule has 0 radical (unpaired) electrons. The van der Waals surface area contributed by atoms with E-state index in [9.17, 15) is 9.59 Å². The van der Waals surface area contributed by atoms with E-state index < -0.39 is 0 Å². The zero-order chi connectivity index (χ0) is 18.8. The van der Waals surface area contributed by atoms with Crippen molar-refractivity contribution in [3.05, 3.63) is 24.3 Å². The number of benzene rings is 1. The number of methoxy groups -OCH3 is 1. The molecule has 1 aromatic carbocycles. The normalized spacial score (nSPS) is 18.4. The number of nitrogens with one attached hydrogen (secondary N) is 1. The highest BCUT2D eigenvalue weighted by molar-refractivity contribution is 6.00. The van der Waals surface area contributed by atoms with Crippen LogP contribution >= 0.6 is 0 Å². The first-order valence-corrected chi connectivity index (χ1v) is 8.77. The molecule has 0 spiro atoms. The number of ether oxygens (including phenoxy) is 1.